The minimum absolute atomic E-state index is 0. The van der Waals surface area contributed by atoms with E-state index in [0.29, 0.717) is 5.92 Å². The molecule has 3 N–H and O–H groups in total. The van der Waals surface area contributed by atoms with E-state index in [0.717, 1.165) is 36.1 Å². The largest absolute Gasteiger partial charge is 0.508 e. The molecule has 1 heterocycles. The molecule has 1 saturated heterocycles. The number of rotatable bonds is 2. The van der Waals surface area contributed by atoms with Crippen LogP contribution in [0.3, 0.4) is 0 Å². The van der Waals surface area contributed by atoms with Crippen molar-refractivity contribution in [2.45, 2.75) is 18.9 Å². The van der Waals surface area contributed by atoms with E-state index >= 15 is 0 Å². The molecule has 0 amide bonds. The van der Waals surface area contributed by atoms with Gasteiger partial charge in [0.15, 0.2) is 0 Å². The van der Waals surface area contributed by atoms with Gasteiger partial charge in [-0.05, 0) is 42.5 Å². The molecular formula is C12H17BrClNO2. The minimum Gasteiger partial charge on any atom is -0.508 e. The summed E-state index contributed by atoms with van der Waals surface area (Å²) < 4.78 is 6.29. The highest BCUT2D eigenvalue weighted by atomic mass is 79.9. The average Bonchev–Trinajstić information content (AvgIpc) is 2.32. The second kappa shape index (κ2) is 6.59. The van der Waals surface area contributed by atoms with Crippen molar-refractivity contribution in [1.29, 1.82) is 0 Å². The van der Waals surface area contributed by atoms with E-state index < -0.39 is 0 Å². The fourth-order valence-corrected chi connectivity index (χ4v) is 2.63. The van der Waals surface area contributed by atoms with Crippen LogP contribution in [0.4, 0.5) is 0 Å². The second-order valence-corrected chi connectivity index (χ2v) is 5.04. The van der Waals surface area contributed by atoms with Gasteiger partial charge in [-0.25, -0.2) is 0 Å². The first-order valence-electron chi connectivity index (χ1n) is 5.50. The molecule has 0 spiro atoms. The molecule has 0 unspecified atom stereocenters. The first kappa shape index (κ1) is 14.8. The fraction of sp³-hybridized carbons (Fsp3) is 0.500. The summed E-state index contributed by atoms with van der Waals surface area (Å²) in [5, 5.41) is 9.48. The fourth-order valence-electron chi connectivity index (χ4n) is 2.12. The summed E-state index contributed by atoms with van der Waals surface area (Å²) in [6, 6.07) is 5.20. The minimum atomic E-state index is -0.0367. The van der Waals surface area contributed by atoms with Gasteiger partial charge in [0.1, 0.15) is 5.75 Å². The maximum Gasteiger partial charge on any atom is 0.115 e. The average molecular weight is 323 g/mol. The smallest absolute Gasteiger partial charge is 0.115 e. The zero-order valence-corrected chi connectivity index (χ0v) is 11.8. The molecule has 0 bridgehead atoms. The topological polar surface area (TPSA) is 55.5 Å². The van der Waals surface area contributed by atoms with Gasteiger partial charge in [0.2, 0.25) is 0 Å². The summed E-state index contributed by atoms with van der Waals surface area (Å²) >= 11 is 3.48. The third-order valence-electron chi connectivity index (χ3n) is 3.11. The zero-order chi connectivity index (χ0) is 11.5. The Labute approximate surface area is 116 Å². The van der Waals surface area contributed by atoms with E-state index in [2.05, 4.69) is 15.9 Å². The lowest BCUT2D eigenvalue weighted by atomic mass is 9.88. The molecule has 1 aliphatic heterocycles. The molecule has 3 nitrogen and oxygen atoms in total. The molecule has 1 aromatic carbocycles. The van der Waals surface area contributed by atoms with Gasteiger partial charge < -0.3 is 15.6 Å². The van der Waals surface area contributed by atoms with E-state index in [4.69, 9.17) is 10.5 Å². The monoisotopic (exact) mass is 321 g/mol. The first-order valence-corrected chi connectivity index (χ1v) is 6.29. The number of phenols is 1. The van der Waals surface area contributed by atoms with Gasteiger partial charge in [0.25, 0.3) is 0 Å². The van der Waals surface area contributed by atoms with Crippen LogP contribution < -0.4 is 5.73 Å². The van der Waals surface area contributed by atoms with Crippen LogP contribution in [0.2, 0.25) is 0 Å². The van der Waals surface area contributed by atoms with Crippen molar-refractivity contribution in [3.05, 3.63) is 28.2 Å². The van der Waals surface area contributed by atoms with Crippen molar-refractivity contribution in [1.82, 2.24) is 0 Å². The summed E-state index contributed by atoms with van der Waals surface area (Å²) in [7, 11) is 0. The summed E-state index contributed by atoms with van der Waals surface area (Å²) in [6.07, 6.45) is 1.98. The predicted octanol–water partition coefficient (Wildman–Crippen LogP) is 3.00. The van der Waals surface area contributed by atoms with Gasteiger partial charge in [0, 0.05) is 23.7 Å². The van der Waals surface area contributed by atoms with E-state index in [9.17, 15) is 5.11 Å². The predicted molar refractivity (Wildman–Crippen MR) is 73.5 cm³/mol. The summed E-state index contributed by atoms with van der Waals surface area (Å²) in [5.74, 6) is 0.701. The molecule has 17 heavy (non-hydrogen) atoms. The number of hydrogen-bond acceptors (Lipinski definition) is 3. The Bertz CT molecular complexity index is 370. The van der Waals surface area contributed by atoms with Gasteiger partial charge in [-0.15, -0.1) is 12.4 Å². The van der Waals surface area contributed by atoms with Crippen LogP contribution in [0, 0.1) is 5.92 Å². The Kier molecular flexibility index (Phi) is 5.73. The Morgan fingerprint density at radius 2 is 2.00 bits per heavy atom. The number of phenolic OH excluding ortho intramolecular Hbond substituents is 1. The molecule has 5 heteroatoms. The van der Waals surface area contributed by atoms with E-state index in [-0.39, 0.29) is 24.2 Å². The molecule has 1 atom stereocenters. The van der Waals surface area contributed by atoms with Crippen LogP contribution >= 0.6 is 28.3 Å². The summed E-state index contributed by atoms with van der Waals surface area (Å²) in [5.41, 5.74) is 7.22. The van der Waals surface area contributed by atoms with E-state index in [1.165, 1.54) is 0 Å². The lowest BCUT2D eigenvalue weighted by Crippen LogP contribution is -2.27. The van der Waals surface area contributed by atoms with E-state index in [1.807, 2.05) is 6.07 Å². The normalized spacial score (nSPS) is 18.5. The molecule has 2 rings (SSSR count). The Hall–Kier alpha value is -0.290. The molecular weight excluding hydrogens is 305 g/mol. The first-order chi connectivity index (χ1) is 7.68. The molecule has 0 radical (unpaired) electrons. The highest BCUT2D eigenvalue weighted by molar-refractivity contribution is 9.10. The lowest BCUT2D eigenvalue weighted by molar-refractivity contribution is 0.0583. The SMILES string of the molecule is Cl.N[C@H](c1cc(O)ccc1Br)C1CCOCC1. The number of nitrogens with two attached hydrogens (primary N) is 1. The number of aromatic hydroxyl groups is 1. The standard InChI is InChI=1S/C12H16BrNO2.ClH/c13-11-2-1-9(15)7-10(11)12(14)8-3-5-16-6-4-8;/h1-2,7-8,12,15H,3-6,14H2;1H/t12-;/m0./s1. The van der Waals surface area contributed by atoms with E-state index in [1.54, 1.807) is 12.1 Å². The molecule has 0 saturated carbocycles. The molecule has 0 aromatic heterocycles. The molecule has 0 aliphatic carbocycles. The highest BCUT2D eigenvalue weighted by Crippen LogP contribution is 2.33. The second-order valence-electron chi connectivity index (χ2n) is 4.18. The molecule has 96 valence electrons. The van der Waals surface area contributed by atoms with Gasteiger partial charge in [0.05, 0.1) is 0 Å². The Balaban J connectivity index is 0.00000144. The summed E-state index contributed by atoms with van der Waals surface area (Å²) in [4.78, 5) is 0. The quantitative estimate of drug-likeness (QED) is 0.880. The maximum absolute atomic E-state index is 9.48. The lowest BCUT2D eigenvalue weighted by Gasteiger charge is -2.28. The van der Waals surface area contributed by atoms with Crippen molar-refractivity contribution < 1.29 is 9.84 Å². The third-order valence-corrected chi connectivity index (χ3v) is 3.83. The van der Waals surface area contributed by atoms with Crippen LogP contribution in [0.1, 0.15) is 24.4 Å². The van der Waals surface area contributed by atoms with Crippen molar-refractivity contribution in [2.75, 3.05) is 13.2 Å². The third kappa shape index (κ3) is 3.58. The van der Waals surface area contributed by atoms with Crippen LogP contribution in [0.25, 0.3) is 0 Å². The highest BCUT2D eigenvalue weighted by Gasteiger charge is 2.23. The van der Waals surface area contributed by atoms with Crippen molar-refractivity contribution in [3.63, 3.8) is 0 Å². The number of ether oxygens (including phenoxy) is 1. The van der Waals surface area contributed by atoms with Crippen molar-refractivity contribution in [2.24, 2.45) is 11.7 Å². The number of benzene rings is 1. The van der Waals surface area contributed by atoms with Crippen LogP contribution in [-0.2, 0) is 4.74 Å². The van der Waals surface area contributed by atoms with Crippen LogP contribution in [0.5, 0.6) is 5.75 Å². The summed E-state index contributed by atoms with van der Waals surface area (Å²) in [6.45, 7) is 1.57. The van der Waals surface area contributed by atoms with Gasteiger partial charge in [-0.1, -0.05) is 15.9 Å². The van der Waals surface area contributed by atoms with Gasteiger partial charge >= 0.3 is 0 Å². The Morgan fingerprint density at radius 1 is 1.35 bits per heavy atom. The van der Waals surface area contributed by atoms with Crippen molar-refractivity contribution in [3.8, 4) is 5.75 Å². The Morgan fingerprint density at radius 3 is 2.65 bits per heavy atom. The van der Waals surface area contributed by atoms with Crippen LogP contribution in [0.15, 0.2) is 22.7 Å². The maximum atomic E-state index is 9.48. The van der Waals surface area contributed by atoms with Gasteiger partial charge in [-0.2, -0.15) is 0 Å². The molecule has 1 aromatic rings. The van der Waals surface area contributed by atoms with Gasteiger partial charge in [-0.3, -0.25) is 0 Å². The van der Waals surface area contributed by atoms with Crippen LogP contribution in [-0.4, -0.2) is 18.3 Å². The number of hydrogen-bond donors (Lipinski definition) is 2. The molecule has 1 fully saturated rings. The van der Waals surface area contributed by atoms with Crippen molar-refractivity contribution >= 4 is 28.3 Å². The molecule has 1 aliphatic rings. The number of halogens is 2. The zero-order valence-electron chi connectivity index (χ0n) is 9.43.